The molecular weight excluding hydrogens is 179 g/mol. The topological polar surface area (TPSA) is 0 Å². The lowest BCUT2D eigenvalue weighted by molar-refractivity contribution is 1.14. The summed E-state index contributed by atoms with van der Waals surface area (Å²) in [4.78, 5) is 0. The Kier molecular flexibility index (Phi) is 3.22. The van der Waals surface area contributed by atoms with E-state index in [1.54, 1.807) is 0 Å². The van der Waals surface area contributed by atoms with Crippen molar-refractivity contribution in [3.05, 3.63) is 40.2 Å². The molecule has 0 amide bonds. The molecule has 0 saturated heterocycles. The molecule has 0 unspecified atom stereocenters. The number of rotatable bonds is 2. The molecule has 1 rings (SSSR count). The second-order valence-corrected chi connectivity index (χ2v) is 3.18. The van der Waals surface area contributed by atoms with Gasteiger partial charge in [-0.1, -0.05) is 36.2 Å². The molecule has 0 aliphatic heterocycles. The summed E-state index contributed by atoms with van der Waals surface area (Å²) in [5.74, 6) is 0. The van der Waals surface area contributed by atoms with Gasteiger partial charge < -0.3 is 0 Å². The van der Waals surface area contributed by atoms with E-state index in [2.05, 4.69) is 6.42 Å². The van der Waals surface area contributed by atoms with E-state index in [4.69, 9.17) is 23.2 Å². The smallest absolute Gasteiger partial charge is 0.0595 e. The van der Waals surface area contributed by atoms with Crippen molar-refractivity contribution in [3.8, 4) is 0 Å². The van der Waals surface area contributed by atoms with Gasteiger partial charge in [-0.2, -0.15) is 0 Å². The van der Waals surface area contributed by atoms with Crippen LogP contribution in [0, 0.1) is 6.42 Å². The van der Waals surface area contributed by atoms with E-state index in [1.807, 2.05) is 25.1 Å². The van der Waals surface area contributed by atoms with Crippen LogP contribution in [0.25, 0.3) is 0 Å². The highest BCUT2D eigenvalue weighted by Gasteiger charge is 1.97. The van der Waals surface area contributed by atoms with Crippen molar-refractivity contribution in [2.75, 3.05) is 0 Å². The molecule has 0 spiro atoms. The predicted molar refractivity (Wildman–Crippen MR) is 50.1 cm³/mol. The first kappa shape index (κ1) is 8.89. The van der Waals surface area contributed by atoms with E-state index in [-0.39, 0.29) is 0 Å². The Morgan fingerprint density at radius 2 is 2.00 bits per heavy atom. The fraction of sp³-hybridized carbons (Fsp3) is 0.222. The quantitative estimate of drug-likeness (QED) is 0.662. The van der Waals surface area contributed by atoms with Crippen LogP contribution in [0.3, 0.4) is 0 Å². The van der Waals surface area contributed by atoms with E-state index in [0.717, 1.165) is 6.42 Å². The van der Waals surface area contributed by atoms with Crippen LogP contribution in [-0.4, -0.2) is 0 Å². The molecule has 2 heteroatoms. The molecule has 0 aromatic heterocycles. The third kappa shape index (κ3) is 2.39. The van der Waals surface area contributed by atoms with Gasteiger partial charge in [0.05, 0.1) is 10.0 Å². The molecule has 1 aromatic rings. The van der Waals surface area contributed by atoms with Crippen LogP contribution in [0.2, 0.25) is 10.0 Å². The average Bonchev–Trinajstić information content (AvgIpc) is 1.98. The lowest BCUT2D eigenvalue weighted by Gasteiger charge is -1.99. The minimum Gasteiger partial charge on any atom is -0.0827 e. The first-order chi connectivity index (χ1) is 5.24. The molecule has 0 fully saturated rings. The van der Waals surface area contributed by atoms with Crippen LogP contribution in [0.5, 0.6) is 0 Å². The van der Waals surface area contributed by atoms with Crippen molar-refractivity contribution < 1.29 is 0 Å². The summed E-state index contributed by atoms with van der Waals surface area (Å²) < 4.78 is 0. The van der Waals surface area contributed by atoms with Crippen LogP contribution in [0.4, 0.5) is 0 Å². The SMILES string of the molecule is C[CH]Cc1ccc(Cl)c(Cl)c1. The van der Waals surface area contributed by atoms with Crippen LogP contribution >= 0.6 is 23.2 Å². The maximum absolute atomic E-state index is 5.80. The Morgan fingerprint density at radius 1 is 1.27 bits per heavy atom. The summed E-state index contributed by atoms with van der Waals surface area (Å²) in [6.45, 7) is 2.02. The molecular formula is C9H9Cl2. The van der Waals surface area contributed by atoms with Crippen molar-refractivity contribution >= 4 is 23.2 Å². The predicted octanol–water partition coefficient (Wildman–Crippen LogP) is 3.76. The Balaban J connectivity index is 2.86. The van der Waals surface area contributed by atoms with Gasteiger partial charge in [-0.15, -0.1) is 0 Å². The highest BCUT2D eigenvalue weighted by Crippen LogP contribution is 2.22. The third-order valence-corrected chi connectivity index (χ3v) is 2.16. The van der Waals surface area contributed by atoms with Crippen LogP contribution in [0.15, 0.2) is 18.2 Å². The molecule has 0 heterocycles. The maximum Gasteiger partial charge on any atom is 0.0595 e. The Hall–Kier alpha value is -0.200. The molecule has 0 N–H and O–H groups in total. The molecule has 11 heavy (non-hydrogen) atoms. The average molecular weight is 188 g/mol. The first-order valence-electron chi connectivity index (χ1n) is 3.46. The third-order valence-electron chi connectivity index (χ3n) is 1.42. The van der Waals surface area contributed by atoms with E-state index in [9.17, 15) is 0 Å². The van der Waals surface area contributed by atoms with Gasteiger partial charge in [0.1, 0.15) is 0 Å². The molecule has 0 aliphatic rings. The summed E-state index contributed by atoms with van der Waals surface area (Å²) in [5.41, 5.74) is 1.20. The largest absolute Gasteiger partial charge is 0.0827 e. The highest BCUT2D eigenvalue weighted by molar-refractivity contribution is 6.42. The number of hydrogen-bond acceptors (Lipinski definition) is 0. The summed E-state index contributed by atoms with van der Waals surface area (Å²) in [6.07, 6.45) is 3.02. The van der Waals surface area contributed by atoms with E-state index >= 15 is 0 Å². The van der Waals surface area contributed by atoms with Gasteiger partial charge in [-0.3, -0.25) is 0 Å². The van der Waals surface area contributed by atoms with Crippen molar-refractivity contribution in [2.24, 2.45) is 0 Å². The molecule has 1 radical (unpaired) electrons. The fourth-order valence-corrected chi connectivity index (χ4v) is 1.22. The van der Waals surface area contributed by atoms with E-state index < -0.39 is 0 Å². The van der Waals surface area contributed by atoms with Gasteiger partial charge in [-0.05, 0) is 30.5 Å². The Morgan fingerprint density at radius 3 is 2.55 bits per heavy atom. The summed E-state index contributed by atoms with van der Waals surface area (Å²) in [6, 6.07) is 5.70. The van der Waals surface area contributed by atoms with Gasteiger partial charge in [0.15, 0.2) is 0 Å². The molecule has 0 bridgehead atoms. The van der Waals surface area contributed by atoms with Crippen LogP contribution < -0.4 is 0 Å². The zero-order chi connectivity index (χ0) is 8.27. The molecule has 1 aromatic carbocycles. The number of hydrogen-bond donors (Lipinski definition) is 0. The minimum absolute atomic E-state index is 0.617. The maximum atomic E-state index is 5.80. The number of halogens is 2. The fourth-order valence-electron chi connectivity index (χ4n) is 0.902. The standard InChI is InChI=1S/C9H9Cl2/c1-2-3-7-4-5-8(10)9(11)6-7/h2,4-6H,3H2,1H3. The molecule has 0 nitrogen and oxygen atoms in total. The Labute approximate surface area is 77.1 Å². The van der Waals surface area contributed by atoms with Gasteiger partial charge in [0, 0.05) is 0 Å². The lowest BCUT2D eigenvalue weighted by atomic mass is 10.1. The van der Waals surface area contributed by atoms with Crippen molar-refractivity contribution in [2.45, 2.75) is 13.3 Å². The molecule has 59 valence electrons. The Bertz CT molecular complexity index is 243. The lowest BCUT2D eigenvalue weighted by Crippen LogP contribution is -1.82. The van der Waals surface area contributed by atoms with Gasteiger partial charge in [0.2, 0.25) is 0 Å². The minimum atomic E-state index is 0.617. The first-order valence-corrected chi connectivity index (χ1v) is 4.21. The molecule has 0 aliphatic carbocycles. The summed E-state index contributed by atoms with van der Waals surface area (Å²) >= 11 is 11.5. The normalized spacial score (nSPS) is 10.1. The monoisotopic (exact) mass is 187 g/mol. The summed E-state index contributed by atoms with van der Waals surface area (Å²) in [5, 5.41) is 1.25. The zero-order valence-corrected chi connectivity index (χ0v) is 7.78. The van der Waals surface area contributed by atoms with Crippen LogP contribution in [0.1, 0.15) is 12.5 Å². The van der Waals surface area contributed by atoms with Crippen molar-refractivity contribution in [3.63, 3.8) is 0 Å². The molecule has 0 saturated carbocycles. The summed E-state index contributed by atoms with van der Waals surface area (Å²) in [7, 11) is 0. The second-order valence-electron chi connectivity index (χ2n) is 2.36. The van der Waals surface area contributed by atoms with Gasteiger partial charge in [-0.25, -0.2) is 0 Å². The second kappa shape index (κ2) is 3.99. The number of benzene rings is 1. The van der Waals surface area contributed by atoms with Crippen molar-refractivity contribution in [1.82, 2.24) is 0 Å². The molecule has 0 atom stereocenters. The van der Waals surface area contributed by atoms with Gasteiger partial charge >= 0.3 is 0 Å². The van der Waals surface area contributed by atoms with Crippen LogP contribution in [-0.2, 0) is 6.42 Å². The highest BCUT2D eigenvalue weighted by atomic mass is 35.5. The van der Waals surface area contributed by atoms with E-state index in [0.29, 0.717) is 10.0 Å². The van der Waals surface area contributed by atoms with Crippen molar-refractivity contribution in [1.29, 1.82) is 0 Å². The zero-order valence-electron chi connectivity index (χ0n) is 6.27. The van der Waals surface area contributed by atoms with E-state index in [1.165, 1.54) is 5.56 Å². The van der Waals surface area contributed by atoms with Gasteiger partial charge in [0.25, 0.3) is 0 Å².